The van der Waals surface area contributed by atoms with Crippen LogP contribution in [0.4, 0.5) is 0 Å². The number of nitrogens with one attached hydrogen (secondary N) is 1. The Labute approximate surface area is 135 Å². The maximum Gasteiger partial charge on any atom is 0.254 e. The second-order valence-electron chi connectivity index (χ2n) is 5.77. The average molecular weight is 312 g/mol. The lowest BCUT2D eigenvalue weighted by Gasteiger charge is -2.24. The summed E-state index contributed by atoms with van der Waals surface area (Å²) >= 11 is 0. The van der Waals surface area contributed by atoms with Crippen molar-refractivity contribution in [3.63, 3.8) is 0 Å². The molecule has 1 fully saturated rings. The number of benzene rings is 1. The Hall–Kier alpha value is -2.56. The number of nitrogens with zero attached hydrogens (tertiary/aromatic N) is 1. The number of likely N-dealkylation sites (tertiary alicyclic amines) is 1. The average Bonchev–Trinajstić information content (AvgIpc) is 3.24. The minimum atomic E-state index is -0.405. The van der Waals surface area contributed by atoms with Gasteiger partial charge in [0.1, 0.15) is 11.8 Å². The third kappa shape index (κ3) is 3.28. The number of rotatable bonds is 4. The number of aryl methyl sites for hydroxylation is 1. The summed E-state index contributed by atoms with van der Waals surface area (Å²) in [6, 6.07) is 10.7. The molecule has 0 radical (unpaired) electrons. The van der Waals surface area contributed by atoms with Crippen LogP contribution in [0.1, 0.15) is 34.5 Å². The molecule has 1 aliphatic rings. The molecule has 1 aromatic heterocycles. The van der Waals surface area contributed by atoms with E-state index in [9.17, 15) is 9.59 Å². The number of hydrogen-bond donors (Lipinski definition) is 1. The van der Waals surface area contributed by atoms with E-state index in [4.69, 9.17) is 4.42 Å². The topological polar surface area (TPSA) is 62.6 Å². The molecule has 23 heavy (non-hydrogen) atoms. The van der Waals surface area contributed by atoms with Crippen molar-refractivity contribution in [2.45, 2.75) is 32.4 Å². The number of amides is 2. The van der Waals surface area contributed by atoms with Gasteiger partial charge in [-0.25, -0.2) is 0 Å². The highest BCUT2D eigenvalue weighted by molar-refractivity contribution is 5.99. The lowest BCUT2D eigenvalue weighted by Crippen LogP contribution is -2.45. The van der Waals surface area contributed by atoms with Crippen LogP contribution in [0.2, 0.25) is 0 Å². The van der Waals surface area contributed by atoms with Gasteiger partial charge >= 0.3 is 0 Å². The minimum Gasteiger partial charge on any atom is -0.467 e. The highest BCUT2D eigenvalue weighted by atomic mass is 16.3. The van der Waals surface area contributed by atoms with Crippen LogP contribution >= 0.6 is 0 Å². The molecule has 2 amide bonds. The predicted octanol–water partition coefficient (Wildman–Crippen LogP) is 2.51. The molecule has 2 aromatic rings. The van der Waals surface area contributed by atoms with E-state index >= 15 is 0 Å². The highest BCUT2D eigenvalue weighted by Crippen LogP contribution is 2.21. The molecule has 0 saturated carbocycles. The van der Waals surface area contributed by atoms with Crippen LogP contribution < -0.4 is 5.32 Å². The van der Waals surface area contributed by atoms with E-state index in [1.165, 1.54) is 0 Å². The van der Waals surface area contributed by atoms with E-state index in [0.29, 0.717) is 30.8 Å². The van der Waals surface area contributed by atoms with Gasteiger partial charge in [0.25, 0.3) is 5.91 Å². The van der Waals surface area contributed by atoms with Crippen LogP contribution in [-0.2, 0) is 11.3 Å². The lowest BCUT2D eigenvalue weighted by atomic mass is 10.1. The molecule has 1 atom stereocenters. The Morgan fingerprint density at radius 3 is 2.83 bits per heavy atom. The van der Waals surface area contributed by atoms with Crippen molar-refractivity contribution >= 4 is 11.8 Å². The summed E-state index contributed by atoms with van der Waals surface area (Å²) in [5.41, 5.74) is 1.59. The van der Waals surface area contributed by atoms with Gasteiger partial charge in [-0.1, -0.05) is 18.2 Å². The molecule has 1 aromatic carbocycles. The first kappa shape index (κ1) is 15.3. The van der Waals surface area contributed by atoms with E-state index < -0.39 is 6.04 Å². The molecule has 0 aliphatic carbocycles. The quantitative estimate of drug-likeness (QED) is 0.943. The van der Waals surface area contributed by atoms with Gasteiger partial charge in [0, 0.05) is 12.1 Å². The van der Waals surface area contributed by atoms with Crippen LogP contribution in [0.25, 0.3) is 0 Å². The molecule has 0 spiro atoms. The second-order valence-corrected chi connectivity index (χ2v) is 5.77. The van der Waals surface area contributed by atoms with Crippen LogP contribution in [0.5, 0.6) is 0 Å². The first-order valence-electron chi connectivity index (χ1n) is 7.83. The van der Waals surface area contributed by atoms with Gasteiger partial charge in [-0.3, -0.25) is 9.59 Å². The maximum atomic E-state index is 12.7. The molecule has 5 heteroatoms. The summed E-state index contributed by atoms with van der Waals surface area (Å²) in [6.07, 6.45) is 3.11. The number of furan rings is 1. The third-order valence-electron chi connectivity index (χ3n) is 4.21. The SMILES string of the molecule is Cc1ccccc1C(=O)N1CCC[C@@H]1C(=O)NCc1ccco1. The molecule has 0 unspecified atom stereocenters. The smallest absolute Gasteiger partial charge is 0.254 e. The van der Waals surface area contributed by atoms with Gasteiger partial charge < -0.3 is 14.6 Å². The Morgan fingerprint density at radius 1 is 1.26 bits per heavy atom. The van der Waals surface area contributed by atoms with E-state index in [0.717, 1.165) is 12.0 Å². The molecule has 1 N–H and O–H groups in total. The molecule has 0 bridgehead atoms. The largest absolute Gasteiger partial charge is 0.467 e. The summed E-state index contributed by atoms with van der Waals surface area (Å²) < 4.78 is 5.21. The van der Waals surface area contributed by atoms with E-state index in [1.54, 1.807) is 17.2 Å². The van der Waals surface area contributed by atoms with E-state index in [2.05, 4.69) is 5.32 Å². The summed E-state index contributed by atoms with van der Waals surface area (Å²) in [7, 11) is 0. The van der Waals surface area contributed by atoms with Gasteiger partial charge in [0.05, 0.1) is 12.8 Å². The zero-order valence-corrected chi connectivity index (χ0v) is 13.1. The zero-order valence-electron chi connectivity index (χ0n) is 13.1. The molecular weight excluding hydrogens is 292 g/mol. The second kappa shape index (κ2) is 6.69. The fourth-order valence-corrected chi connectivity index (χ4v) is 2.96. The summed E-state index contributed by atoms with van der Waals surface area (Å²) in [4.78, 5) is 26.8. The molecule has 1 aliphatic heterocycles. The van der Waals surface area contributed by atoms with Crippen molar-refractivity contribution in [1.29, 1.82) is 0 Å². The van der Waals surface area contributed by atoms with Crippen LogP contribution in [0.3, 0.4) is 0 Å². The molecule has 3 rings (SSSR count). The number of carbonyl (C=O) groups excluding carboxylic acids is 2. The molecule has 2 heterocycles. The van der Waals surface area contributed by atoms with Gasteiger partial charge in [-0.2, -0.15) is 0 Å². The Morgan fingerprint density at radius 2 is 2.09 bits per heavy atom. The lowest BCUT2D eigenvalue weighted by molar-refractivity contribution is -0.125. The highest BCUT2D eigenvalue weighted by Gasteiger charge is 2.34. The fraction of sp³-hybridized carbons (Fsp3) is 0.333. The van der Waals surface area contributed by atoms with Crippen LogP contribution in [0.15, 0.2) is 47.1 Å². The molecule has 5 nitrogen and oxygen atoms in total. The normalized spacial score (nSPS) is 17.3. The summed E-state index contributed by atoms with van der Waals surface area (Å²) in [5.74, 6) is 0.507. The Bertz CT molecular complexity index is 694. The molecule has 1 saturated heterocycles. The van der Waals surface area contributed by atoms with Gasteiger partial charge in [-0.15, -0.1) is 0 Å². The Balaban J connectivity index is 1.68. The monoisotopic (exact) mass is 312 g/mol. The van der Waals surface area contributed by atoms with Crippen molar-refractivity contribution < 1.29 is 14.0 Å². The number of carbonyl (C=O) groups is 2. The van der Waals surface area contributed by atoms with E-state index in [-0.39, 0.29) is 11.8 Å². The van der Waals surface area contributed by atoms with Gasteiger partial charge in [0.15, 0.2) is 0 Å². The van der Waals surface area contributed by atoms with Gasteiger partial charge in [0.2, 0.25) is 5.91 Å². The van der Waals surface area contributed by atoms with Crippen molar-refractivity contribution in [2.75, 3.05) is 6.54 Å². The van der Waals surface area contributed by atoms with Crippen molar-refractivity contribution in [3.05, 3.63) is 59.5 Å². The third-order valence-corrected chi connectivity index (χ3v) is 4.21. The predicted molar refractivity (Wildman–Crippen MR) is 85.8 cm³/mol. The summed E-state index contributed by atoms with van der Waals surface area (Å²) in [5, 5.41) is 2.85. The van der Waals surface area contributed by atoms with Crippen molar-refractivity contribution in [2.24, 2.45) is 0 Å². The fourth-order valence-electron chi connectivity index (χ4n) is 2.96. The number of hydrogen-bond acceptors (Lipinski definition) is 3. The van der Waals surface area contributed by atoms with Crippen molar-refractivity contribution in [1.82, 2.24) is 10.2 Å². The minimum absolute atomic E-state index is 0.0706. The van der Waals surface area contributed by atoms with Gasteiger partial charge in [-0.05, 0) is 43.5 Å². The van der Waals surface area contributed by atoms with E-state index in [1.807, 2.05) is 37.3 Å². The zero-order chi connectivity index (χ0) is 16.2. The maximum absolute atomic E-state index is 12.7. The molecule has 120 valence electrons. The summed E-state index contributed by atoms with van der Waals surface area (Å²) in [6.45, 7) is 2.87. The first-order chi connectivity index (χ1) is 11.2. The Kier molecular flexibility index (Phi) is 4.46. The molecular formula is C18H20N2O3. The van der Waals surface area contributed by atoms with Crippen LogP contribution in [-0.4, -0.2) is 29.3 Å². The van der Waals surface area contributed by atoms with Crippen molar-refractivity contribution in [3.8, 4) is 0 Å². The van der Waals surface area contributed by atoms with Crippen LogP contribution in [0, 0.1) is 6.92 Å². The first-order valence-corrected chi connectivity index (χ1v) is 7.83. The standard InChI is InChI=1S/C18H20N2O3/c1-13-6-2-3-8-15(13)18(22)20-10-4-9-16(20)17(21)19-12-14-7-5-11-23-14/h2-3,5-8,11,16H,4,9-10,12H2,1H3,(H,19,21)/t16-/m1/s1.